The molecule has 0 unspecified atom stereocenters. The van der Waals surface area contributed by atoms with Crippen LogP contribution in [-0.2, 0) is 0 Å². The second-order valence-corrected chi connectivity index (χ2v) is 6.55. The van der Waals surface area contributed by atoms with Crippen molar-refractivity contribution in [2.75, 3.05) is 12.4 Å². The Morgan fingerprint density at radius 3 is 3.17 bits per heavy atom. The van der Waals surface area contributed by atoms with E-state index in [2.05, 4.69) is 11.1 Å². The molecule has 0 spiro atoms. The standard InChI is InChI=1S/C13H11NO2S2/c15-13-14-12-11(18-13)10-7(6-17-12)5-16-9-4-2-1-3-8(9)10/h1-4,7,10H,5-6H2,(H,14,15)/p-1/t7-,10-/m0/s1. The Morgan fingerprint density at radius 2 is 2.22 bits per heavy atom. The summed E-state index contributed by atoms with van der Waals surface area (Å²) in [6.45, 7) is 0.736. The molecule has 0 saturated carbocycles. The Labute approximate surface area is 113 Å². The third-order valence-corrected chi connectivity index (χ3v) is 5.74. The van der Waals surface area contributed by atoms with Crippen LogP contribution < -0.4 is 9.84 Å². The number of fused-ring (bicyclic) bond motifs is 5. The van der Waals surface area contributed by atoms with Gasteiger partial charge in [0.2, 0.25) is 0 Å². The second-order valence-electron chi connectivity index (χ2n) is 4.55. The van der Waals surface area contributed by atoms with Crippen LogP contribution in [0.1, 0.15) is 16.4 Å². The summed E-state index contributed by atoms with van der Waals surface area (Å²) in [5.74, 6) is 2.69. The fourth-order valence-corrected chi connectivity index (χ4v) is 5.04. The molecule has 2 aliphatic rings. The van der Waals surface area contributed by atoms with Gasteiger partial charge < -0.3 is 9.84 Å². The zero-order valence-electron chi connectivity index (χ0n) is 9.46. The predicted octanol–water partition coefficient (Wildman–Crippen LogP) is 2.46. The summed E-state index contributed by atoms with van der Waals surface area (Å²) < 4.78 is 5.81. The highest BCUT2D eigenvalue weighted by atomic mass is 32.2. The largest absolute Gasteiger partial charge is 0.851 e. The van der Waals surface area contributed by atoms with Crippen LogP contribution in [0.3, 0.4) is 0 Å². The van der Waals surface area contributed by atoms with Crippen molar-refractivity contribution in [2.45, 2.75) is 10.9 Å². The molecular weight excluding hydrogens is 266 g/mol. The van der Waals surface area contributed by atoms with Gasteiger partial charge in [0.1, 0.15) is 10.8 Å². The number of para-hydroxylation sites is 1. The van der Waals surface area contributed by atoms with Crippen LogP contribution in [0.2, 0.25) is 0 Å². The van der Waals surface area contributed by atoms with E-state index in [9.17, 15) is 5.11 Å². The van der Waals surface area contributed by atoms with Crippen molar-refractivity contribution in [3.63, 3.8) is 0 Å². The first kappa shape index (κ1) is 10.7. The number of ether oxygens (including phenoxy) is 1. The molecule has 18 heavy (non-hydrogen) atoms. The highest BCUT2D eigenvalue weighted by Crippen LogP contribution is 2.51. The quantitative estimate of drug-likeness (QED) is 0.741. The van der Waals surface area contributed by atoms with E-state index in [0.717, 1.165) is 28.0 Å². The topological polar surface area (TPSA) is 45.2 Å². The van der Waals surface area contributed by atoms with Crippen molar-refractivity contribution in [3.8, 4) is 10.9 Å². The van der Waals surface area contributed by atoms with Gasteiger partial charge in [0, 0.05) is 33.2 Å². The Kier molecular flexibility index (Phi) is 2.32. The summed E-state index contributed by atoms with van der Waals surface area (Å²) in [5.41, 5.74) is 1.21. The average Bonchev–Trinajstić information content (AvgIpc) is 2.78. The number of rotatable bonds is 0. The molecule has 1 aromatic carbocycles. The van der Waals surface area contributed by atoms with Crippen molar-refractivity contribution in [1.29, 1.82) is 0 Å². The van der Waals surface area contributed by atoms with E-state index in [1.54, 1.807) is 11.8 Å². The normalized spacial score (nSPS) is 24.7. The van der Waals surface area contributed by atoms with E-state index in [4.69, 9.17) is 4.74 Å². The summed E-state index contributed by atoms with van der Waals surface area (Å²) in [7, 11) is 0. The fourth-order valence-electron chi connectivity index (χ4n) is 2.70. The number of aromatic nitrogens is 1. The molecule has 0 amide bonds. The van der Waals surface area contributed by atoms with Crippen LogP contribution in [0.5, 0.6) is 10.9 Å². The van der Waals surface area contributed by atoms with E-state index in [1.807, 2.05) is 18.2 Å². The lowest BCUT2D eigenvalue weighted by atomic mass is 9.84. The smallest absolute Gasteiger partial charge is 0.123 e. The first-order valence-electron chi connectivity index (χ1n) is 5.85. The van der Waals surface area contributed by atoms with Crippen LogP contribution in [0.15, 0.2) is 29.3 Å². The van der Waals surface area contributed by atoms with Crippen molar-refractivity contribution < 1.29 is 9.84 Å². The van der Waals surface area contributed by atoms with E-state index >= 15 is 0 Å². The van der Waals surface area contributed by atoms with Crippen LogP contribution in [0.4, 0.5) is 0 Å². The molecule has 3 heterocycles. The van der Waals surface area contributed by atoms with E-state index < -0.39 is 0 Å². The molecule has 3 nitrogen and oxygen atoms in total. The molecule has 1 aromatic heterocycles. The summed E-state index contributed by atoms with van der Waals surface area (Å²) in [4.78, 5) is 5.24. The molecule has 0 N–H and O–H groups in total. The highest BCUT2D eigenvalue weighted by molar-refractivity contribution is 7.99. The molecule has 0 aliphatic carbocycles. The molecule has 0 radical (unpaired) electrons. The Hall–Kier alpha value is -1.20. The van der Waals surface area contributed by atoms with Crippen LogP contribution >= 0.6 is 23.1 Å². The summed E-state index contributed by atoms with van der Waals surface area (Å²) in [6.07, 6.45) is 0. The van der Waals surface area contributed by atoms with Gasteiger partial charge in [0.05, 0.1) is 6.61 Å². The van der Waals surface area contributed by atoms with Gasteiger partial charge >= 0.3 is 0 Å². The Balaban J connectivity index is 1.91. The maximum absolute atomic E-state index is 11.5. The molecule has 5 heteroatoms. The minimum Gasteiger partial charge on any atom is -0.851 e. The Morgan fingerprint density at radius 1 is 1.33 bits per heavy atom. The van der Waals surface area contributed by atoms with Gasteiger partial charge in [0.15, 0.2) is 0 Å². The van der Waals surface area contributed by atoms with Gasteiger partial charge in [-0.15, -0.1) is 23.1 Å². The van der Waals surface area contributed by atoms with Crippen molar-refractivity contribution >= 4 is 23.1 Å². The van der Waals surface area contributed by atoms with E-state index in [1.165, 1.54) is 16.9 Å². The third-order valence-electron chi connectivity index (χ3n) is 3.50. The summed E-state index contributed by atoms with van der Waals surface area (Å²) >= 11 is 2.99. The van der Waals surface area contributed by atoms with Gasteiger partial charge in [-0.05, 0) is 6.07 Å². The zero-order valence-corrected chi connectivity index (χ0v) is 11.1. The molecule has 2 atom stereocenters. The first-order chi connectivity index (χ1) is 8.83. The maximum Gasteiger partial charge on any atom is 0.123 e. The SMILES string of the molecule is [O-]c1nc2c(s1)[C@@H]1c3ccccc3OC[C@H]1CS2. The lowest BCUT2D eigenvalue weighted by Gasteiger charge is -2.35. The first-order valence-corrected chi connectivity index (χ1v) is 7.65. The predicted molar refractivity (Wildman–Crippen MR) is 69.6 cm³/mol. The number of nitrogens with zero attached hydrogens (tertiary/aromatic N) is 1. The van der Waals surface area contributed by atoms with Gasteiger partial charge in [-0.25, -0.2) is 4.98 Å². The molecular formula is C13H10NO2S2-. The summed E-state index contributed by atoms with van der Waals surface area (Å²) in [6, 6.07) is 8.14. The summed E-state index contributed by atoms with van der Waals surface area (Å²) in [5, 5.41) is 12.4. The number of thiazole rings is 1. The van der Waals surface area contributed by atoms with E-state index in [-0.39, 0.29) is 5.19 Å². The lowest BCUT2D eigenvalue weighted by Crippen LogP contribution is -2.30. The third kappa shape index (κ3) is 1.47. The maximum atomic E-state index is 11.5. The van der Waals surface area contributed by atoms with Gasteiger partial charge in [0.25, 0.3) is 0 Å². The van der Waals surface area contributed by atoms with Gasteiger partial charge in [-0.1, -0.05) is 18.2 Å². The number of hydrogen-bond acceptors (Lipinski definition) is 5. The van der Waals surface area contributed by atoms with Crippen molar-refractivity contribution in [2.24, 2.45) is 5.92 Å². The second kappa shape index (κ2) is 3.90. The lowest BCUT2D eigenvalue weighted by molar-refractivity contribution is -0.268. The Bertz CT molecular complexity index is 611. The zero-order chi connectivity index (χ0) is 12.1. The molecule has 92 valence electrons. The van der Waals surface area contributed by atoms with Crippen molar-refractivity contribution in [3.05, 3.63) is 34.7 Å². The van der Waals surface area contributed by atoms with Crippen molar-refractivity contribution in [1.82, 2.24) is 4.98 Å². The van der Waals surface area contributed by atoms with E-state index in [0.29, 0.717) is 11.8 Å². The average molecular weight is 276 g/mol. The van der Waals surface area contributed by atoms with Gasteiger partial charge in [-0.2, -0.15) is 0 Å². The van der Waals surface area contributed by atoms with Gasteiger partial charge in [-0.3, -0.25) is 0 Å². The fraction of sp³-hybridized carbons (Fsp3) is 0.308. The minimum absolute atomic E-state index is 0.0721. The molecule has 0 fully saturated rings. The van der Waals surface area contributed by atoms with Crippen LogP contribution in [0, 0.1) is 5.92 Å². The van der Waals surface area contributed by atoms with Crippen LogP contribution in [-0.4, -0.2) is 17.3 Å². The number of hydrogen-bond donors (Lipinski definition) is 0. The minimum atomic E-state index is -0.0721. The molecule has 2 aliphatic heterocycles. The highest BCUT2D eigenvalue weighted by Gasteiger charge is 2.38. The molecule has 0 saturated heterocycles. The monoisotopic (exact) mass is 276 g/mol. The molecule has 0 bridgehead atoms. The van der Waals surface area contributed by atoms with Crippen LogP contribution in [0.25, 0.3) is 0 Å². The number of benzene rings is 1. The molecule has 4 rings (SSSR count). The number of thioether (sulfide) groups is 1. The molecule has 2 aromatic rings.